The minimum absolute atomic E-state index is 0.214. The van der Waals surface area contributed by atoms with E-state index >= 15 is 0 Å². The van der Waals surface area contributed by atoms with Gasteiger partial charge in [0.1, 0.15) is 4.88 Å². The van der Waals surface area contributed by atoms with Crippen molar-refractivity contribution >= 4 is 17.4 Å². The number of carbonyl (C=O) groups is 1. The molecule has 18 heavy (non-hydrogen) atoms. The monoisotopic (exact) mass is 263 g/mol. The lowest BCUT2D eigenvalue weighted by Crippen LogP contribution is -2.32. The van der Waals surface area contributed by atoms with Crippen molar-refractivity contribution in [3.05, 3.63) is 47.0 Å². The normalized spacial score (nSPS) is 12.1. The molecule has 1 atom stereocenters. The molecule has 0 spiro atoms. The number of hydrogen-bond acceptors (Lipinski definition) is 5. The molecule has 2 N–H and O–H groups in total. The highest BCUT2D eigenvalue weighted by atomic mass is 32.1. The Morgan fingerprint density at radius 2 is 2.17 bits per heavy atom. The quantitative estimate of drug-likeness (QED) is 0.839. The summed E-state index contributed by atoms with van der Waals surface area (Å²) in [4.78, 5) is 12.0. The van der Waals surface area contributed by atoms with Crippen molar-refractivity contribution in [3.63, 3.8) is 0 Å². The van der Waals surface area contributed by atoms with E-state index in [1.54, 1.807) is 0 Å². The molecular weight excluding hydrogens is 250 g/mol. The van der Waals surface area contributed by atoms with E-state index in [2.05, 4.69) is 14.9 Å². The number of aromatic nitrogens is 2. The zero-order chi connectivity index (χ0) is 12.8. The van der Waals surface area contributed by atoms with Gasteiger partial charge in [-0.15, -0.1) is 5.10 Å². The molecule has 0 saturated heterocycles. The summed E-state index contributed by atoms with van der Waals surface area (Å²) < 4.78 is 3.61. The Hall–Kier alpha value is -1.79. The zero-order valence-electron chi connectivity index (χ0n) is 9.61. The van der Waals surface area contributed by atoms with Crippen LogP contribution in [-0.2, 0) is 6.42 Å². The largest absolute Gasteiger partial charge is 0.391 e. The van der Waals surface area contributed by atoms with Crippen LogP contribution in [0.4, 0.5) is 0 Å². The van der Waals surface area contributed by atoms with Gasteiger partial charge in [0.2, 0.25) is 0 Å². The molecule has 5 nitrogen and oxygen atoms in total. The minimum atomic E-state index is -0.600. The van der Waals surface area contributed by atoms with Crippen LogP contribution in [0.3, 0.4) is 0 Å². The molecule has 1 unspecified atom stereocenters. The molecule has 0 radical (unpaired) electrons. The predicted octanol–water partition coefficient (Wildman–Crippen LogP) is 0.871. The summed E-state index contributed by atoms with van der Waals surface area (Å²) in [6, 6.07) is 9.65. The third-order valence-corrected chi connectivity index (χ3v) is 3.06. The fourth-order valence-corrected chi connectivity index (χ4v) is 1.95. The van der Waals surface area contributed by atoms with E-state index in [-0.39, 0.29) is 12.5 Å². The van der Waals surface area contributed by atoms with Gasteiger partial charge in [-0.05, 0) is 17.1 Å². The summed E-state index contributed by atoms with van der Waals surface area (Å²) >= 11 is 1.03. The SMILES string of the molecule is O=C(NCC(O)Cc1ccccc1)c1cnns1. The molecule has 0 aliphatic carbocycles. The van der Waals surface area contributed by atoms with Crippen LogP contribution >= 0.6 is 11.5 Å². The second kappa shape index (κ2) is 6.23. The van der Waals surface area contributed by atoms with E-state index < -0.39 is 6.10 Å². The average molecular weight is 263 g/mol. The second-order valence-electron chi connectivity index (χ2n) is 3.84. The number of hydrogen-bond donors (Lipinski definition) is 2. The van der Waals surface area contributed by atoms with Crippen molar-refractivity contribution in [2.75, 3.05) is 6.54 Å². The first-order valence-electron chi connectivity index (χ1n) is 5.53. The Bertz CT molecular complexity index is 487. The molecule has 0 aliphatic heterocycles. The lowest BCUT2D eigenvalue weighted by molar-refractivity contribution is 0.0919. The Kier molecular flexibility index (Phi) is 4.38. The molecule has 1 aromatic heterocycles. The van der Waals surface area contributed by atoms with Crippen LogP contribution in [-0.4, -0.2) is 33.2 Å². The number of carbonyl (C=O) groups excluding carboxylic acids is 1. The van der Waals surface area contributed by atoms with Crippen LogP contribution in [0.2, 0.25) is 0 Å². The molecule has 1 heterocycles. The molecule has 1 aromatic carbocycles. The molecule has 1 amide bonds. The van der Waals surface area contributed by atoms with Crippen LogP contribution in [0.5, 0.6) is 0 Å². The third-order valence-electron chi connectivity index (χ3n) is 2.40. The Balaban J connectivity index is 1.78. The van der Waals surface area contributed by atoms with E-state index in [0.29, 0.717) is 11.3 Å². The first-order chi connectivity index (χ1) is 8.75. The highest BCUT2D eigenvalue weighted by Crippen LogP contribution is 2.04. The second-order valence-corrected chi connectivity index (χ2v) is 4.62. The molecule has 2 rings (SSSR count). The summed E-state index contributed by atoms with van der Waals surface area (Å²) in [6.07, 6.45) is 1.32. The van der Waals surface area contributed by atoms with Crippen molar-refractivity contribution in [2.45, 2.75) is 12.5 Å². The van der Waals surface area contributed by atoms with E-state index in [0.717, 1.165) is 17.1 Å². The summed E-state index contributed by atoms with van der Waals surface area (Å²) in [6.45, 7) is 0.214. The lowest BCUT2D eigenvalue weighted by atomic mass is 10.1. The van der Waals surface area contributed by atoms with Gasteiger partial charge in [-0.25, -0.2) is 0 Å². The molecule has 0 saturated carbocycles. The molecule has 6 heteroatoms. The van der Waals surface area contributed by atoms with Crippen molar-refractivity contribution in [1.29, 1.82) is 0 Å². The van der Waals surface area contributed by atoms with Gasteiger partial charge in [0, 0.05) is 13.0 Å². The molecule has 2 aromatic rings. The number of aliphatic hydroxyl groups excluding tert-OH is 1. The van der Waals surface area contributed by atoms with Crippen molar-refractivity contribution < 1.29 is 9.90 Å². The lowest BCUT2D eigenvalue weighted by Gasteiger charge is -2.11. The summed E-state index contributed by atoms with van der Waals surface area (Å²) in [5.41, 5.74) is 1.04. The third kappa shape index (κ3) is 3.61. The number of aliphatic hydroxyl groups is 1. The van der Waals surface area contributed by atoms with Gasteiger partial charge >= 0.3 is 0 Å². The molecule has 94 valence electrons. The van der Waals surface area contributed by atoms with Crippen LogP contribution < -0.4 is 5.32 Å². The Morgan fingerprint density at radius 1 is 1.39 bits per heavy atom. The fourth-order valence-electron chi connectivity index (χ4n) is 1.52. The smallest absolute Gasteiger partial charge is 0.264 e. The first kappa shape index (κ1) is 12.7. The van der Waals surface area contributed by atoms with E-state index in [4.69, 9.17) is 0 Å². The molecule has 0 aliphatic rings. The maximum atomic E-state index is 11.6. The number of amides is 1. The topological polar surface area (TPSA) is 75.1 Å². The molecule has 0 fully saturated rings. The fraction of sp³-hybridized carbons (Fsp3) is 0.250. The molecule has 0 bridgehead atoms. The minimum Gasteiger partial charge on any atom is -0.391 e. The maximum absolute atomic E-state index is 11.6. The first-order valence-corrected chi connectivity index (χ1v) is 6.30. The van der Waals surface area contributed by atoms with Crippen LogP contribution in [0.25, 0.3) is 0 Å². The van der Waals surface area contributed by atoms with E-state index in [9.17, 15) is 9.90 Å². The van der Waals surface area contributed by atoms with E-state index in [1.807, 2.05) is 30.3 Å². The van der Waals surface area contributed by atoms with Crippen molar-refractivity contribution in [1.82, 2.24) is 14.9 Å². The van der Waals surface area contributed by atoms with Crippen molar-refractivity contribution in [2.24, 2.45) is 0 Å². The predicted molar refractivity (Wildman–Crippen MR) is 68.4 cm³/mol. The maximum Gasteiger partial charge on any atom is 0.264 e. The van der Waals surface area contributed by atoms with Gasteiger partial charge in [-0.3, -0.25) is 4.79 Å². The highest BCUT2D eigenvalue weighted by Gasteiger charge is 2.11. The van der Waals surface area contributed by atoms with E-state index in [1.165, 1.54) is 6.20 Å². The van der Waals surface area contributed by atoms with Gasteiger partial charge in [0.05, 0.1) is 12.3 Å². The number of rotatable bonds is 5. The van der Waals surface area contributed by atoms with Crippen LogP contribution in [0.15, 0.2) is 36.5 Å². The number of nitrogens with one attached hydrogen (secondary N) is 1. The van der Waals surface area contributed by atoms with Gasteiger partial charge in [-0.2, -0.15) is 0 Å². The Morgan fingerprint density at radius 3 is 2.83 bits per heavy atom. The number of benzene rings is 1. The van der Waals surface area contributed by atoms with Gasteiger partial charge in [0.25, 0.3) is 5.91 Å². The van der Waals surface area contributed by atoms with Crippen LogP contribution in [0, 0.1) is 0 Å². The average Bonchev–Trinajstić information content (AvgIpc) is 2.91. The summed E-state index contributed by atoms with van der Waals surface area (Å²) in [5.74, 6) is -0.253. The van der Waals surface area contributed by atoms with Gasteiger partial charge < -0.3 is 10.4 Å². The zero-order valence-corrected chi connectivity index (χ0v) is 10.4. The molecular formula is C12H13N3O2S. The highest BCUT2D eigenvalue weighted by molar-refractivity contribution is 7.07. The summed E-state index contributed by atoms with van der Waals surface area (Å²) in [7, 11) is 0. The van der Waals surface area contributed by atoms with Crippen LogP contribution in [0.1, 0.15) is 15.2 Å². The number of nitrogens with zero attached hydrogens (tertiary/aromatic N) is 2. The Labute approximate surface area is 109 Å². The summed E-state index contributed by atoms with van der Waals surface area (Å²) in [5, 5.41) is 16.0. The van der Waals surface area contributed by atoms with Crippen molar-refractivity contribution in [3.8, 4) is 0 Å². The standard InChI is InChI=1S/C12H13N3O2S/c16-10(6-9-4-2-1-3-5-9)7-13-12(17)11-8-14-15-18-11/h1-5,8,10,16H,6-7H2,(H,13,17). The van der Waals surface area contributed by atoms with Gasteiger partial charge in [-0.1, -0.05) is 34.8 Å². The van der Waals surface area contributed by atoms with Gasteiger partial charge in [0.15, 0.2) is 0 Å².